The monoisotopic (exact) mass is 331 g/mol. The Balaban J connectivity index is 1.75. The van der Waals surface area contributed by atoms with Crippen LogP contribution >= 0.6 is 0 Å². The first-order valence-corrected chi connectivity index (χ1v) is 8.23. The Morgan fingerprint density at radius 2 is 2.00 bits per heavy atom. The largest absolute Gasteiger partial charge is 0.494 e. The number of benzene rings is 1. The number of hydrogen-bond acceptors (Lipinski definition) is 4. The van der Waals surface area contributed by atoms with Crippen LogP contribution in [0.3, 0.4) is 0 Å². The van der Waals surface area contributed by atoms with Crippen LogP contribution in [0.4, 0.5) is 0 Å². The predicted molar refractivity (Wildman–Crippen MR) is 92.1 cm³/mol. The number of aliphatic hydroxyl groups is 1. The van der Waals surface area contributed by atoms with E-state index in [4.69, 9.17) is 9.15 Å². The Labute approximate surface area is 142 Å². The number of ether oxygens (including phenoxy) is 1. The average molecular weight is 331 g/mol. The number of aliphatic hydroxyl groups excluding tert-OH is 1. The molecular formula is C19H25NO4. The number of carbonyl (C=O) groups is 1. The van der Waals surface area contributed by atoms with Crippen LogP contribution in [0.2, 0.25) is 0 Å². The van der Waals surface area contributed by atoms with Crippen LogP contribution in [-0.2, 0) is 11.2 Å². The maximum Gasteiger partial charge on any atom is 0.224 e. The van der Waals surface area contributed by atoms with Crippen LogP contribution in [0.1, 0.15) is 42.1 Å². The van der Waals surface area contributed by atoms with E-state index in [1.807, 2.05) is 51.1 Å². The van der Waals surface area contributed by atoms with Crippen molar-refractivity contribution in [2.24, 2.45) is 0 Å². The average Bonchev–Trinajstić information content (AvgIpc) is 2.88. The fourth-order valence-corrected chi connectivity index (χ4v) is 2.60. The number of hydrogen-bond donors (Lipinski definition) is 2. The molecule has 1 aromatic heterocycles. The summed E-state index contributed by atoms with van der Waals surface area (Å²) in [6.45, 7) is 6.65. The van der Waals surface area contributed by atoms with Gasteiger partial charge in [-0.05, 0) is 51.0 Å². The van der Waals surface area contributed by atoms with Gasteiger partial charge >= 0.3 is 0 Å². The summed E-state index contributed by atoms with van der Waals surface area (Å²) in [5.41, 5.74) is 1.71. The minimum atomic E-state index is -0.631. The van der Waals surface area contributed by atoms with E-state index in [0.717, 1.165) is 28.4 Å². The van der Waals surface area contributed by atoms with Gasteiger partial charge < -0.3 is 19.6 Å². The van der Waals surface area contributed by atoms with Crippen LogP contribution in [0.5, 0.6) is 5.75 Å². The molecule has 5 nitrogen and oxygen atoms in total. The first-order valence-electron chi connectivity index (χ1n) is 8.23. The summed E-state index contributed by atoms with van der Waals surface area (Å²) in [5.74, 6) is 2.24. The lowest BCUT2D eigenvalue weighted by atomic mass is 10.1. The second-order valence-electron chi connectivity index (χ2n) is 5.78. The third-order valence-electron chi connectivity index (χ3n) is 3.78. The number of nitrogens with one attached hydrogen (secondary N) is 1. The molecule has 2 N–H and O–H groups in total. The highest BCUT2D eigenvalue weighted by molar-refractivity contribution is 5.78. The van der Waals surface area contributed by atoms with Gasteiger partial charge in [-0.15, -0.1) is 0 Å². The van der Waals surface area contributed by atoms with Gasteiger partial charge in [-0.3, -0.25) is 4.79 Å². The number of rotatable bonds is 8. The van der Waals surface area contributed by atoms with Crippen molar-refractivity contribution in [3.05, 3.63) is 53.0 Å². The molecule has 2 rings (SSSR count). The molecule has 0 aliphatic heterocycles. The van der Waals surface area contributed by atoms with Crippen molar-refractivity contribution in [3.8, 4) is 5.75 Å². The van der Waals surface area contributed by atoms with Crippen LogP contribution in [-0.4, -0.2) is 24.2 Å². The van der Waals surface area contributed by atoms with E-state index in [1.165, 1.54) is 0 Å². The molecule has 1 amide bonds. The van der Waals surface area contributed by atoms with Crippen molar-refractivity contribution in [3.63, 3.8) is 0 Å². The van der Waals surface area contributed by atoms with Gasteiger partial charge in [0.05, 0.1) is 19.1 Å². The smallest absolute Gasteiger partial charge is 0.224 e. The summed E-state index contributed by atoms with van der Waals surface area (Å²) in [5, 5.41) is 13.0. The lowest BCUT2D eigenvalue weighted by molar-refractivity contribution is -0.120. The highest BCUT2D eigenvalue weighted by Gasteiger charge is 2.14. The summed E-state index contributed by atoms with van der Waals surface area (Å²) in [4.78, 5) is 12.0. The fraction of sp³-hybridized carbons (Fsp3) is 0.421. The fourth-order valence-electron chi connectivity index (χ4n) is 2.60. The molecule has 0 aliphatic carbocycles. The van der Waals surface area contributed by atoms with E-state index in [0.29, 0.717) is 26.0 Å². The molecule has 0 radical (unpaired) electrons. The van der Waals surface area contributed by atoms with Crippen molar-refractivity contribution in [2.45, 2.75) is 39.7 Å². The Morgan fingerprint density at radius 3 is 2.58 bits per heavy atom. The minimum Gasteiger partial charge on any atom is -0.494 e. The van der Waals surface area contributed by atoms with Gasteiger partial charge in [0, 0.05) is 12.1 Å². The van der Waals surface area contributed by atoms with Gasteiger partial charge in [-0.1, -0.05) is 12.1 Å². The van der Waals surface area contributed by atoms with Crippen LogP contribution in [0, 0.1) is 13.8 Å². The second kappa shape index (κ2) is 8.55. The van der Waals surface area contributed by atoms with Crippen LogP contribution < -0.4 is 10.1 Å². The van der Waals surface area contributed by atoms with Gasteiger partial charge in [0.25, 0.3) is 0 Å². The first-order chi connectivity index (χ1) is 11.5. The normalized spacial score (nSPS) is 12.0. The van der Waals surface area contributed by atoms with Gasteiger partial charge in [-0.2, -0.15) is 0 Å². The van der Waals surface area contributed by atoms with E-state index >= 15 is 0 Å². The van der Waals surface area contributed by atoms with Crippen molar-refractivity contribution in [2.75, 3.05) is 13.2 Å². The van der Waals surface area contributed by atoms with Crippen molar-refractivity contribution >= 4 is 5.91 Å². The molecule has 1 heterocycles. The molecule has 0 bridgehead atoms. The van der Waals surface area contributed by atoms with Gasteiger partial charge in [0.15, 0.2) is 0 Å². The van der Waals surface area contributed by atoms with E-state index in [1.54, 1.807) is 0 Å². The van der Waals surface area contributed by atoms with Crippen LogP contribution in [0.25, 0.3) is 0 Å². The standard InChI is InChI=1S/C19H25NO4/c1-4-23-16-7-5-15(6-8-16)12-19(22)20-10-9-18(21)17-11-13(2)24-14(17)3/h5-8,11,18,21H,4,9-10,12H2,1-3H3,(H,20,22)/t18-/m1/s1. The summed E-state index contributed by atoms with van der Waals surface area (Å²) in [6.07, 6.45) is 0.134. The van der Waals surface area contributed by atoms with E-state index in [2.05, 4.69) is 5.32 Å². The van der Waals surface area contributed by atoms with E-state index < -0.39 is 6.10 Å². The van der Waals surface area contributed by atoms with Gasteiger partial charge in [0.2, 0.25) is 5.91 Å². The third-order valence-corrected chi connectivity index (χ3v) is 3.78. The highest BCUT2D eigenvalue weighted by Crippen LogP contribution is 2.23. The lowest BCUT2D eigenvalue weighted by Gasteiger charge is -2.11. The number of aryl methyl sites for hydroxylation is 2. The first kappa shape index (κ1) is 18.1. The molecule has 0 fully saturated rings. The predicted octanol–water partition coefficient (Wildman–Crippen LogP) is 3.08. The Morgan fingerprint density at radius 1 is 1.29 bits per heavy atom. The molecule has 0 aliphatic rings. The Hall–Kier alpha value is -2.27. The third kappa shape index (κ3) is 5.13. The van der Waals surface area contributed by atoms with E-state index in [-0.39, 0.29) is 5.91 Å². The molecular weight excluding hydrogens is 306 g/mol. The molecule has 0 unspecified atom stereocenters. The summed E-state index contributed by atoms with van der Waals surface area (Å²) in [7, 11) is 0. The molecule has 0 saturated heterocycles. The molecule has 130 valence electrons. The molecule has 0 saturated carbocycles. The van der Waals surface area contributed by atoms with Crippen molar-refractivity contribution < 1.29 is 19.1 Å². The second-order valence-corrected chi connectivity index (χ2v) is 5.78. The molecule has 1 atom stereocenters. The number of amides is 1. The molecule has 0 spiro atoms. The quantitative estimate of drug-likeness (QED) is 0.780. The Bertz CT molecular complexity index is 661. The SMILES string of the molecule is CCOc1ccc(CC(=O)NCC[C@@H](O)c2cc(C)oc2C)cc1. The minimum absolute atomic E-state index is 0.0635. The van der Waals surface area contributed by atoms with Crippen LogP contribution in [0.15, 0.2) is 34.7 Å². The highest BCUT2D eigenvalue weighted by atomic mass is 16.5. The molecule has 24 heavy (non-hydrogen) atoms. The molecule has 1 aromatic carbocycles. The van der Waals surface area contributed by atoms with Gasteiger partial charge in [0.1, 0.15) is 17.3 Å². The zero-order valence-corrected chi connectivity index (χ0v) is 14.5. The lowest BCUT2D eigenvalue weighted by Crippen LogP contribution is -2.27. The molecule has 5 heteroatoms. The Kier molecular flexibility index (Phi) is 6.44. The zero-order valence-electron chi connectivity index (χ0n) is 14.5. The van der Waals surface area contributed by atoms with Crippen molar-refractivity contribution in [1.82, 2.24) is 5.32 Å². The molecule has 2 aromatic rings. The van der Waals surface area contributed by atoms with Gasteiger partial charge in [-0.25, -0.2) is 0 Å². The maximum atomic E-state index is 12.0. The maximum absolute atomic E-state index is 12.0. The summed E-state index contributed by atoms with van der Waals surface area (Å²) in [6, 6.07) is 9.33. The number of carbonyl (C=O) groups excluding carboxylic acids is 1. The zero-order chi connectivity index (χ0) is 17.5. The van der Waals surface area contributed by atoms with E-state index in [9.17, 15) is 9.90 Å². The van der Waals surface area contributed by atoms with Crippen molar-refractivity contribution in [1.29, 1.82) is 0 Å². The summed E-state index contributed by atoms with van der Waals surface area (Å²) >= 11 is 0. The topological polar surface area (TPSA) is 71.7 Å². The summed E-state index contributed by atoms with van der Waals surface area (Å²) < 4.78 is 10.8. The number of furan rings is 1.